The highest BCUT2D eigenvalue weighted by molar-refractivity contribution is 7.13. The summed E-state index contributed by atoms with van der Waals surface area (Å²) in [6, 6.07) is 14.1. The van der Waals surface area contributed by atoms with Crippen LogP contribution in [0.5, 0.6) is 0 Å². The first-order valence-corrected chi connectivity index (χ1v) is 12.9. The molecule has 2 N–H and O–H groups in total. The monoisotopic (exact) mass is 469 g/mol. The first-order chi connectivity index (χ1) is 16.0. The van der Waals surface area contributed by atoms with Crippen molar-refractivity contribution in [3.05, 3.63) is 69.9 Å². The van der Waals surface area contributed by atoms with Crippen LogP contribution in [0.1, 0.15) is 71.5 Å². The summed E-state index contributed by atoms with van der Waals surface area (Å²) in [5.41, 5.74) is 1.39. The van der Waals surface area contributed by atoms with Crippen LogP contribution in [0.25, 0.3) is 0 Å². The van der Waals surface area contributed by atoms with Gasteiger partial charge in [0, 0.05) is 17.8 Å². The second kappa shape index (κ2) is 13.3. The topological polar surface area (TPSA) is 77.8 Å². The second-order valence-electron chi connectivity index (χ2n) is 8.76. The number of benzene rings is 1. The largest absolute Gasteiger partial charge is 0.477 e. The van der Waals surface area contributed by atoms with Crippen LogP contribution in [0, 0.1) is 0 Å². The van der Waals surface area contributed by atoms with Gasteiger partial charge in [0.15, 0.2) is 0 Å². The minimum Gasteiger partial charge on any atom is -0.477 e. The number of carboxylic acids is 1. The lowest BCUT2D eigenvalue weighted by atomic mass is 10.0. The maximum absolute atomic E-state index is 12.3. The first-order valence-electron chi connectivity index (χ1n) is 12.0. The predicted molar refractivity (Wildman–Crippen MR) is 133 cm³/mol. The van der Waals surface area contributed by atoms with Crippen molar-refractivity contribution in [3.63, 3.8) is 0 Å². The van der Waals surface area contributed by atoms with Gasteiger partial charge in [0.1, 0.15) is 4.88 Å². The van der Waals surface area contributed by atoms with E-state index in [0.717, 1.165) is 49.8 Å². The van der Waals surface area contributed by atoms with Gasteiger partial charge in [-0.1, -0.05) is 61.7 Å². The van der Waals surface area contributed by atoms with Gasteiger partial charge in [0.2, 0.25) is 5.91 Å². The average Bonchev–Trinajstić information content (AvgIpc) is 3.43. The smallest absolute Gasteiger partial charge is 0.345 e. The number of unbranched alkanes of at least 4 members (excludes halogenated alkanes) is 3. The van der Waals surface area contributed by atoms with Gasteiger partial charge < -0.3 is 15.1 Å². The Morgan fingerprint density at radius 3 is 2.61 bits per heavy atom. The molecule has 2 unspecified atom stereocenters. The zero-order chi connectivity index (χ0) is 23.5. The standard InChI is InChI=1S/C27H35NO4S/c29-23(12-7-2-1-4-9-21-10-5-3-6-11-21)16-14-22-15-19-26(30)28(22)20-8-13-24-17-18-25(33-24)27(31)32/h3,5-6,10-11,14,16-18,22-23,29H,1-2,4,7-9,12-13,15,19-20H2,(H,31,32)/b16-14+. The van der Waals surface area contributed by atoms with E-state index in [0.29, 0.717) is 17.8 Å². The number of amides is 1. The number of aliphatic hydroxyl groups is 1. The Kier molecular flexibility index (Phi) is 10.2. The van der Waals surface area contributed by atoms with E-state index in [1.807, 2.05) is 29.2 Å². The Morgan fingerprint density at radius 1 is 1.06 bits per heavy atom. The number of nitrogens with zero attached hydrogens (tertiary/aromatic N) is 1. The van der Waals surface area contributed by atoms with Crippen LogP contribution in [0.2, 0.25) is 0 Å². The van der Waals surface area contributed by atoms with Crippen LogP contribution in [0.4, 0.5) is 0 Å². The second-order valence-corrected chi connectivity index (χ2v) is 9.93. The predicted octanol–water partition coefficient (Wildman–Crippen LogP) is 5.48. The molecule has 33 heavy (non-hydrogen) atoms. The van der Waals surface area contributed by atoms with Gasteiger partial charge in [0.05, 0.1) is 12.1 Å². The fourth-order valence-electron chi connectivity index (χ4n) is 4.33. The third kappa shape index (κ3) is 8.45. The lowest BCUT2D eigenvalue weighted by Crippen LogP contribution is -2.33. The van der Waals surface area contributed by atoms with E-state index < -0.39 is 12.1 Å². The highest BCUT2D eigenvalue weighted by atomic mass is 32.1. The maximum atomic E-state index is 12.3. The number of carbonyl (C=O) groups is 2. The lowest BCUT2D eigenvalue weighted by Gasteiger charge is -2.22. The van der Waals surface area contributed by atoms with Crippen LogP contribution in [0.3, 0.4) is 0 Å². The Hall–Kier alpha value is -2.44. The molecule has 0 radical (unpaired) electrons. The van der Waals surface area contributed by atoms with Crippen molar-refractivity contribution in [2.24, 2.45) is 0 Å². The molecule has 1 aliphatic heterocycles. The molecule has 6 heteroatoms. The number of aromatic carboxylic acids is 1. The molecule has 1 aromatic carbocycles. The number of hydrogen-bond acceptors (Lipinski definition) is 4. The number of aliphatic hydroxyl groups excluding tert-OH is 1. The lowest BCUT2D eigenvalue weighted by molar-refractivity contribution is -0.128. The normalized spacial score (nSPS) is 17.2. The van der Waals surface area contributed by atoms with Gasteiger partial charge >= 0.3 is 5.97 Å². The van der Waals surface area contributed by atoms with Crippen LogP contribution < -0.4 is 0 Å². The van der Waals surface area contributed by atoms with Gasteiger partial charge in [-0.05, 0) is 56.2 Å². The van der Waals surface area contributed by atoms with Gasteiger partial charge in [-0.2, -0.15) is 0 Å². The number of aryl methyl sites for hydroxylation is 2. The molecule has 0 spiro atoms. The van der Waals surface area contributed by atoms with Gasteiger partial charge in [-0.3, -0.25) is 4.79 Å². The SMILES string of the molecule is O=C(O)c1ccc(CCCN2C(=O)CCC2/C=C/C(O)CCCCCCc2ccccc2)s1. The number of thiophene rings is 1. The van der Waals surface area contributed by atoms with E-state index in [1.165, 1.54) is 29.7 Å². The number of carbonyl (C=O) groups excluding carboxylic acids is 1. The van der Waals surface area contributed by atoms with Crippen molar-refractivity contribution in [2.45, 2.75) is 76.4 Å². The molecule has 0 bridgehead atoms. The quantitative estimate of drug-likeness (QED) is 0.284. The summed E-state index contributed by atoms with van der Waals surface area (Å²) in [6.45, 7) is 0.658. The van der Waals surface area contributed by atoms with E-state index >= 15 is 0 Å². The molecular formula is C27H35NO4S. The van der Waals surface area contributed by atoms with Crippen molar-refractivity contribution in [2.75, 3.05) is 6.54 Å². The highest BCUT2D eigenvalue weighted by Gasteiger charge is 2.28. The van der Waals surface area contributed by atoms with Crippen molar-refractivity contribution in [1.29, 1.82) is 0 Å². The molecular weight excluding hydrogens is 434 g/mol. The Morgan fingerprint density at radius 2 is 1.85 bits per heavy atom. The summed E-state index contributed by atoms with van der Waals surface area (Å²) in [4.78, 5) is 26.6. The molecule has 1 aliphatic rings. The summed E-state index contributed by atoms with van der Waals surface area (Å²) in [5, 5.41) is 19.4. The summed E-state index contributed by atoms with van der Waals surface area (Å²) >= 11 is 1.30. The fraction of sp³-hybridized carbons (Fsp3) is 0.481. The molecule has 178 valence electrons. The Balaban J connectivity index is 1.32. The zero-order valence-corrected chi connectivity index (χ0v) is 20.0. The Bertz CT molecular complexity index is 908. The van der Waals surface area contributed by atoms with E-state index in [-0.39, 0.29) is 11.9 Å². The molecule has 3 rings (SSSR count). The van der Waals surface area contributed by atoms with Crippen molar-refractivity contribution < 1.29 is 19.8 Å². The molecule has 0 saturated carbocycles. The first kappa shape index (κ1) is 25.2. The molecule has 2 atom stereocenters. The van der Waals surface area contributed by atoms with Crippen LogP contribution in [-0.2, 0) is 17.6 Å². The van der Waals surface area contributed by atoms with Gasteiger partial charge in [0.25, 0.3) is 0 Å². The number of likely N-dealkylation sites (tertiary alicyclic amines) is 1. The minimum absolute atomic E-state index is 0.0518. The van der Waals surface area contributed by atoms with Crippen molar-refractivity contribution >= 4 is 23.2 Å². The van der Waals surface area contributed by atoms with Crippen molar-refractivity contribution in [1.82, 2.24) is 4.90 Å². The van der Waals surface area contributed by atoms with Crippen molar-refractivity contribution in [3.8, 4) is 0 Å². The summed E-state index contributed by atoms with van der Waals surface area (Å²) in [7, 11) is 0. The third-order valence-corrected chi connectivity index (χ3v) is 7.32. The maximum Gasteiger partial charge on any atom is 0.345 e. The molecule has 1 aromatic heterocycles. The summed E-state index contributed by atoms with van der Waals surface area (Å²) in [5.74, 6) is -0.730. The highest BCUT2D eigenvalue weighted by Crippen LogP contribution is 2.23. The molecule has 1 saturated heterocycles. The summed E-state index contributed by atoms with van der Waals surface area (Å²) in [6.07, 6.45) is 12.7. The number of rotatable bonds is 14. The van der Waals surface area contributed by atoms with Crippen LogP contribution >= 0.6 is 11.3 Å². The van der Waals surface area contributed by atoms with Gasteiger partial charge in [-0.25, -0.2) is 4.79 Å². The van der Waals surface area contributed by atoms with Crippen LogP contribution in [-0.4, -0.2) is 45.7 Å². The minimum atomic E-state index is -0.892. The fourth-order valence-corrected chi connectivity index (χ4v) is 5.22. The van der Waals surface area contributed by atoms with E-state index in [4.69, 9.17) is 5.11 Å². The molecule has 2 heterocycles. The van der Waals surface area contributed by atoms with E-state index in [9.17, 15) is 14.7 Å². The van der Waals surface area contributed by atoms with E-state index in [2.05, 4.69) is 24.3 Å². The average molecular weight is 470 g/mol. The molecule has 1 fully saturated rings. The number of carboxylic acid groups (broad SMARTS) is 1. The van der Waals surface area contributed by atoms with Gasteiger partial charge in [-0.15, -0.1) is 11.3 Å². The molecule has 5 nitrogen and oxygen atoms in total. The van der Waals surface area contributed by atoms with E-state index in [1.54, 1.807) is 6.07 Å². The zero-order valence-electron chi connectivity index (χ0n) is 19.2. The number of hydrogen-bond donors (Lipinski definition) is 2. The van der Waals surface area contributed by atoms with Crippen LogP contribution in [0.15, 0.2) is 54.6 Å². The molecule has 1 amide bonds. The third-order valence-electron chi connectivity index (χ3n) is 6.18. The Labute approximate surface area is 200 Å². The molecule has 2 aromatic rings. The summed E-state index contributed by atoms with van der Waals surface area (Å²) < 4.78 is 0. The molecule has 0 aliphatic carbocycles.